The summed E-state index contributed by atoms with van der Waals surface area (Å²) < 4.78 is 12.4. The Morgan fingerprint density at radius 1 is 0.567 bits per heavy atom. The Balaban J connectivity index is 1.24. The van der Waals surface area contributed by atoms with E-state index in [1.165, 1.54) is 25.7 Å². The first kappa shape index (κ1) is 16.6. The molecule has 4 heteroatoms. The summed E-state index contributed by atoms with van der Waals surface area (Å²) in [5, 5.41) is 0. The van der Waals surface area contributed by atoms with Crippen molar-refractivity contribution in [2.75, 3.05) is 0 Å². The van der Waals surface area contributed by atoms with Crippen LogP contribution < -0.4 is 0 Å². The van der Waals surface area contributed by atoms with Crippen LogP contribution in [0.4, 0.5) is 0 Å². The lowest BCUT2D eigenvalue weighted by Crippen LogP contribution is -2.88. The fourth-order valence-corrected chi connectivity index (χ4v) is 14.3. The Kier molecular flexibility index (Phi) is 2.35. The van der Waals surface area contributed by atoms with E-state index in [0.717, 1.165) is 84.9 Å². The SMILES string of the molecule is CC(=O)OC12C[C@@H]3C4CC56CC7(OC(C)=O)C[C@H]8C9CC(C1)([C@@H]3[C@H]5[C@H]9C7)[C@@H]([C@H]86)[C@@H]4C2. The first-order chi connectivity index (χ1) is 14.3. The lowest BCUT2D eigenvalue weighted by Gasteiger charge is -2.92. The van der Waals surface area contributed by atoms with Crippen LogP contribution in [0.5, 0.6) is 0 Å². The highest BCUT2D eigenvalue weighted by molar-refractivity contribution is 5.67. The summed E-state index contributed by atoms with van der Waals surface area (Å²) >= 11 is 0. The van der Waals surface area contributed by atoms with Gasteiger partial charge in [0.05, 0.1) is 0 Å². The minimum Gasteiger partial charge on any atom is -0.459 e. The van der Waals surface area contributed by atoms with E-state index in [-0.39, 0.29) is 23.1 Å². The third-order valence-electron chi connectivity index (χ3n) is 13.2. The van der Waals surface area contributed by atoms with Crippen molar-refractivity contribution in [2.24, 2.45) is 70.0 Å². The Labute approximate surface area is 177 Å². The van der Waals surface area contributed by atoms with E-state index in [9.17, 15) is 9.59 Å². The summed E-state index contributed by atoms with van der Waals surface area (Å²) in [6.45, 7) is 3.26. The van der Waals surface area contributed by atoms with E-state index in [4.69, 9.17) is 9.47 Å². The fraction of sp³-hybridized carbons (Fsp3) is 0.923. The van der Waals surface area contributed by atoms with Crippen LogP contribution >= 0.6 is 0 Å². The maximum absolute atomic E-state index is 12.1. The molecule has 6 unspecified atom stereocenters. The van der Waals surface area contributed by atoms with Crippen LogP contribution in [0.15, 0.2) is 0 Å². The second-order valence-electron chi connectivity index (χ2n) is 13.7. The molecule has 14 bridgehead atoms. The van der Waals surface area contributed by atoms with Crippen LogP contribution in [0.25, 0.3) is 0 Å². The van der Waals surface area contributed by atoms with Gasteiger partial charge in [0, 0.05) is 13.8 Å². The lowest BCUT2D eigenvalue weighted by molar-refractivity contribution is -0.454. The van der Waals surface area contributed by atoms with Gasteiger partial charge in [-0.15, -0.1) is 0 Å². The Hall–Kier alpha value is -1.06. The summed E-state index contributed by atoms with van der Waals surface area (Å²) in [5.74, 6) is 8.33. The molecule has 0 amide bonds. The quantitative estimate of drug-likeness (QED) is 0.649. The van der Waals surface area contributed by atoms with Gasteiger partial charge in [-0.1, -0.05) is 0 Å². The molecule has 0 aromatic heterocycles. The molecule has 13 fully saturated rings. The van der Waals surface area contributed by atoms with Crippen LogP contribution in [-0.2, 0) is 19.1 Å². The summed E-state index contributed by atoms with van der Waals surface area (Å²) in [6.07, 6.45) is 9.78. The van der Waals surface area contributed by atoms with Gasteiger partial charge in [-0.3, -0.25) is 9.59 Å². The first-order valence-electron chi connectivity index (χ1n) is 12.7. The number of carbonyl (C=O) groups is 2. The summed E-state index contributed by atoms with van der Waals surface area (Å²) in [5.41, 5.74) is 0.703. The predicted octanol–water partition coefficient (Wildman–Crippen LogP) is 3.97. The van der Waals surface area contributed by atoms with E-state index < -0.39 is 0 Å². The van der Waals surface area contributed by atoms with Gasteiger partial charge in [-0.2, -0.15) is 0 Å². The standard InChI is InChI=1S/C26H32O4/c1-11(27)29-23-3-15-13-8-26-10-24(30-12(2)28)5-17-14-7-25(9-23,19(15)21(17)26)20(16(13)4-23)22(26)18(14)6-24/h13-22H,3-10H2,1-2H3/t13?,14?,15-,16-,17+,18+,19-,20+,21+,22-,23?,24?,25?,26?. The van der Waals surface area contributed by atoms with Crippen molar-refractivity contribution in [3.63, 3.8) is 0 Å². The van der Waals surface area contributed by atoms with Crippen molar-refractivity contribution < 1.29 is 19.1 Å². The Morgan fingerprint density at radius 2 is 0.900 bits per heavy atom. The van der Waals surface area contributed by atoms with Gasteiger partial charge in [0.2, 0.25) is 0 Å². The predicted molar refractivity (Wildman–Crippen MR) is 106 cm³/mol. The maximum atomic E-state index is 12.1. The van der Waals surface area contributed by atoms with Gasteiger partial charge in [0.15, 0.2) is 0 Å². The van der Waals surface area contributed by atoms with Gasteiger partial charge in [0.1, 0.15) is 11.2 Å². The number of carbonyl (C=O) groups excluding carboxylic acids is 2. The van der Waals surface area contributed by atoms with E-state index in [1.807, 2.05) is 0 Å². The second-order valence-corrected chi connectivity index (χ2v) is 13.7. The first-order valence-corrected chi connectivity index (χ1v) is 12.7. The smallest absolute Gasteiger partial charge is 0.303 e. The van der Waals surface area contributed by atoms with Crippen molar-refractivity contribution >= 4 is 11.9 Å². The van der Waals surface area contributed by atoms with Gasteiger partial charge >= 0.3 is 11.9 Å². The monoisotopic (exact) mass is 408 g/mol. The van der Waals surface area contributed by atoms with Crippen molar-refractivity contribution in [1.82, 2.24) is 0 Å². The molecule has 160 valence electrons. The van der Waals surface area contributed by atoms with E-state index in [0.29, 0.717) is 10.8 Å². The fourth-order valence-electron chi connectivity index (χ4n) is 14.3. The molecular weight excluding hydrogens is 376 g/mol. The highest BCUT2D eigenvalue weighted by Crippen LogP contribution is 2.93. The zero-order valence-electron chi connectivity index (χ0n) is 18.1. The highest BCUT2D eigenvalue weighted by Gasteiger charge is 2.90. The molecule has 13 aliphatic rings. The molecule has 13 aliphatic carbocycles. The van der Waals surface area contributed by atoms with Crippen molar-refractivity contribution in [3.8, 4) is 0 Å². The van der Waals surface area contributed by atoms with Crippen LogP contribution in [0.2, 0.25) is 0 Å². The highest BCUT2D eigenvalue weighted by atomic mass is 16.6. The molecule has 0 aromatic carbocycles. The molecule has 0 heterocycles. The van der Waals surface area contributed by atoms with Crippen LogP contribution in [0.1, 0.15) is 65.2 Å². The van der Waals surface area contributed by atoms with E-state index in [1.54, 1.807) is 13.8 Å². The number of esters is 2. The largest absolute Gasteiger partial charge is 0.459 e. The zero-order valence-corrected chi connectivity index (χ0v) is 18.1. The lowest BCUT2D eigenvalue weighted by atomic mass is 9.13. The molecular formula is C26H32O4. The molecule has 2 spiro atoms. The summed E-state index contributed by atoms with van der Waals surface area (Å²) in [7, 11) is 0. The average molecular weight is 409 g/mol. The minimum absolute atomic E-state index is 0.0527. The van der Waals surface area contributed by atoms with Gasteiger partial charge in [0.25, 0.3) is 0 Å². The Morgan fingerprint density at radius 3 is 1.20 bits per heavy atom. The molecule has 0 aliphatic heterocycles. The van der Waals surface area contributed by atoms with E-state index in [2.05, 4.69) is 0 Å². The van der Waals surface area contributed by atoms with Gasteiger partial charge in [-0.25, -0.2) is 0 Å². The van der Waals surface area contributed by atoms with Gasteiger partial charge in [-0.05, 0) is 121 Å². The molecule has 0 aromatic rings. The molecule has 0 N–H and O–H groups in total. The minimum atomic E-state index is -0.128. The van der Waals surface area contributed by atoms with E-state index >= 15 is 0 Å². The normalized spacial score (nSPS) is 70.1. The van der Waals surface area contributed by atoms with Gasteiger partial charge < -0.3 is 9.47 Å². The third-order valence-corrected chi connectivity index (χ3v) is 13.2. The third kappa shape index (κ3) is 1.37. The summed E-state index contributed by atoms with van der Waals surface area (Å²) in [6, 6.07) is 0. The topological polar surface area (TPSA) is 52.6 Å². The molecule has 13 rings (SSSR count). The number of rotatable bonds is 2. The van der Waals surface area contributed by atoms with Crippen LogP contribution in [0, 0.1) is 70.0 Å². The van der Waals surface area contributed by atoms with Crippen molar-refractivity contribution in [3.05, 3.63) is 0 Å². The zero-order chi connectivity index (χ0) is 20.0. The Bertz CT molecular complexity index is 835. The second kappa shape index (κ2) is 4.27. The summed E-state index contributed by atoms with van der Waals surface area (Å²) in [4.78, 5) is 24.2. The van der Waals surface area contributed by atoms with Crippen molar-refractivity contribution in [1.29, 1.82) is 0 Å². The molecule has 30 heavy (non-hydrogen) atoms. The molecule has 0 saturated heterocycles. The maximum Gasteiger partial charge on any atom is 0.303 e. The molecule has 13 saturated carbocycles. The van der Waals surface area contributed by atoms with Crippen LogP contribution in [-0.4, -0.2) is 23.1 Å². The number of hydrogen-bond acceptors (Lipinski definition) is 4. The molecule has 14 atom stereocenters. The van der Waals surface area contributed by atoms with Crippen molar-refractivity contribution in [2.45, 2.75) is 76.4 Å². The van der Waals surface area contributed by atoms with Crippen LogP contribution in [0.3, 0.4) is 0 Å². The molecule has 0 radical (unpaired) electrons. The molecule has 4 nitrogen and oxygen atoms in total. The number of hydrogen-bond donors (Lipinski definition) is 0. The number of ether oxygens (including phenoxy) is 2. The average Bonchev–Trinajstić information content (AvgIpc) is 2.63.